The van der Waals surface area contributed by atoms with Gasteiger partial charge in [0.1, 0.15) is 0 Å². The topological polar surface area (TPSA) is 107 Å². The summed E-state index contributed by atoms with van der Waals surface area (Å²) in [5, 5.41) is 6.63. The first-order valence-electron chi connectivity index (χ1n) is 6.38. The molecule has 2 aromatic rings. The fourth-order valence-electron chi connectivity index (χ4n) is 1.57. The molecule has 0 bridgehead atoms. The summed E-state index contributed by atoms with van der Waals surface area (Å²) in [4.78, 5) is 15.9. The molecular weight excluding hydrogens is 260 g/mol. The van der Waals surface area contributed by atoms with E-state index in [1.165, 1.54) is 6.26 Å². The Balaban J connectivity index is 1.87. The molecule has 0 saturated carbocycles. The Morgan fingerprint density at radius 2 is 2.30 bits per heavy atom. The summed E-state index contributed by atoms with van der Waals surface area (Å²) in [5.74, 6) is 1.22. The number of hydrogen-bond donors (Lipinski definition) is 2. The van der Waals surface area contributed by atoms with Crippen molar-refractivity contribution >= 4 is 5.91 Å². The van der Waals surface area contributed by atoms with E-state index in [9.17, 15) is 4.79 Å². The van der Waals surface area contributed by atoms with Crippen molar-refractivity contribution in [1.82, 2.24) is 15.5 Å². The lowest BCUT2D eigenvalue weighted by atomic mass is 10.1. The van der Waals surface area contributed by atoms with Gasteiger partial charge in [0.2, 0.25) is 17.6 Å². The van der Waals surface area contributed by atoms with E-state index in [0.29, 0.717) is 30.4 Å². The quantitative estimate of drug-likeness (QED) is 0.819. The second-order valence-corrected chi connectivity index (χ2v) is 5.13. The Morgan fingerprint density at radius 3 is 2.95 bits per heavy atom. The number of rotatable bonds is 6. The average molecular weight is 278 g/mol. The molecule has 0 spiro atoms. The lowest BCUT2D eigenvalue weighted by Crippen LogP contribution is -2.48. The zero-order valence-electron chi connectivity index (χ0n) is 11.5. The van der Waals surface area contributed by atoms with Gasteiger partial charge in [0, 0.05) is 24.9 Å². The number of carbonyl (C=O) groups is 1. The van der Waals surface area contributed by atoms with Crippen LogP contribution in [0, 0.1) is 0 Å². The minimum absolute atomic E-state index is 0.0989. The van der Waals surface area contributed by atoms with E-state index in [1.54, 1.807) is 12.1 Å². The van der Waals surface area contributed by atoms with Gasteiger partial charge in [-0.25, -0.2) is 0 Å². The van der Waals surface area contributed by atoms with Crippen molar-refractivity contribution in [2.75, 3.05) is 6.54 Å². The predicted molar refractivity (Wildman–Crippen MR) is 71.6 cm³/mol. The van der Waals surface area contributed by atoms with Gasteiger partial charge in [-0.1, -0.05) is 5.16 Å². The summed E-state index contributed by atoms with van der Waals surface area (Å²) in [7, 11) is 0. The van der Waals surface area contributed by atoms with Gasteiger partial charge in [-0.15, -0.1) is 0 Å². The van der Waals surface area contributed by atoms with E-state index in [4.69, 9.17) is 14.7 Å². The van der Waals surface area contributed by atoms with E-state index in [2.05, 4.69) is 15.5 Å². The Hall–Kier alpha value is -2.15. The highest BCUT2D eigenvalue weighted by Crippen LogP contribution is 2.16. The molecule has 1 amide bonds. The molecule has 0 radical (unpaired) electrons. The smallest absolute Gasteiger partial charge is 0.238 e. The van der Waals surface area contributed by atoms with Gasteiger partial charge in [-0.3, -0.25) is 4.79 Å². The Bertz CT molecular complexity index is 560. The van der Waals surface area contributed by atoms with Crippen molar-refractivity contribution in [2.45, 2.75) is 32.2 Å². The first-order chi connectivity index (χ1) is 9.50. The van der Waals surface area contributed by atoms with Gasteiger partial charge in [-0.05, 0) is 26.0 Å². The zero-order chi connectivity index (χ0) is 14.6. The number of furan rings is 1. The molecule has 2 rings (SSSR count). The third-order valence-electron chi connectivity index (χ3n) is 2.76. The molecule has 0 saturated heterocycles. The number of carbonyl (C=O) groups excluding carboxylic acids is 1. The minimum Gasteiger partial charge on any atom is -0.461 e. The number of hydrogen-bond acceptors (Lipinski definition) is 6. The van der Waals surface area contributed by atoms with Crippen LogP contribution in [-0.4, -0.2) is 28.1 Å². The van der Waals surface area contributed by atoms with Crippen LogP contribution in [0.1, 0.15) is 26.2 Å². The second-order valence-electron chi connectivity index (χ2n) is 5.13. The monoisotopic (exact) mass is 278 g/mol. The number of nitrogens with two attached hydrogens (primary N) is 1. The molecule has 0 unspecified atom stereocenters. The van der Waals surface area contributed by atoms with E-state index >= 15 is 0 Å². The van der Waals surface area contributed by atoms with Crippen LogP contribution in [0.5, 0.6) is 0 Å². The average Bonchev–Trinajstić information content (AvgIpc) is 3.06. The normalized spacial score (nSPS) is 11.6. The van der Waals surface area contributed by atoms with Crippen LogP contribution in [0.25, 0.3) is 11.6 Å². The summed E-state index contributed by atoms with van der Waals surface area (Å²) in [6, 6.07) is 3.48. The molecule has 0 atom stereocenters. The van der Waals surface area contributed by atoms with Crippen molar-refractivity contribution in [3.8, 4) is 11.6 Å². The molecule has 7 heteroatoms. The summed E-state index contributed by atoms with van der Waals surface area (Å²) >= 11 is 0. The van der Waals surface area contributed by atoms with Gasteiger partial charge < -0.3 is 20.0 Å². The highest BCUT2D eigenvalue weighted by molar-refractivity contribution is 5.76. The fraction of sp³-hybridized carbons (Fsp3) is 0.462. The maximum atomic E-state index is 11.8. The van der Waals surface area contributed by atoms with Crippen molar-refractivity contribution in [3.05, 3.63) is 24.3 Å². The van der Waals surface area contributed by atoms with Gasteiger partial charge >= 0.3 is 0 Å². The number of aromatic nitrogens is 2. The molecular formula is C13H18N4O3. The van der Waals surface area contributed by atoms with Crippen molar-refractivity contribution in [2.24, 2.45) is 5.73 Å². The first-order valence-corrected chi connectivity index (χ1v) is 6.38. The summed E-state index contributed by atoms with van der Waals surface area (Å²) < 4.78 is 10.2. The molecule has 20 heavy (non-hydrogen) atoms. The van der Waals surface area contributed by atoms with E-state index in [1.807, 2.05) is 13.8 Å². The molecule has 3 N–H and O–H groups in total. The maximum Gasteiger partial charge on any atom is 0.238 e. The number of nitrogens with zero attached hydrogens (tertiary/aromatic N) is 2. The van der Waals surface area contributed by atoms with Gasteiger partial charge in [0.15, 0.2) is 5.76 Å². The Kier molecular flexibility index (Phi) is 4.19. The van der Waals surface area contributed by atoms with E-state index in [-0.39, 0.29) is 12.3 Å². The summed E-state index contributed by atoms with van der Waals surface area (Å²) in [6.45, 7) is 4.11. The van der Waals surface area contributed by atoms with Crippen LogP contribution >= 0.6 is 0 Å². The van der Waals surface area contributed by atoms with Crippen molar-refractivity contribution in [1.29, 1.82) is 0 Å². The highest BCUT2D eigenvalue weighted by atomic mass is 16.5. The molecule has 108 valence electrons. The van der Waals surface area contributed by atoms with Gasteiger partial charge in [-0.2, -0.15) is 4.98 Å². The van der Waals surface area contributed by atoms with Crippen LogP contribution < -0.4 is 11.1 Å². The largest absolute Gasteiger partial charge is 0.461 e. The fourth-order valence-corrected chi connectivity index (χ4v) is 1.57. The molecule has 7 nitrogen and oxygen atoms in total. The lowest BCUT2D eigenvalue weighted by Gasteiger charge is -2.23. The van der Waals surface area contributed by atoms with Crippen LogP contribution in [0.2, 0.25) is 0 Å². The highest BCUT2D eigenvalue weighted by Gasteiger charge is 2.19. The lowest BCUT2D eigenvalue weighted by molar-refractivity contribution is -0.122. The third-order valence-corrected chi connectivity index (χ3v) is 2.76. The first kappa shape index (κ1) is 14.3. The molecule has 0 aliphatic rings. The summed E-state index contributed by atoms with van der Waals surface area (Å²) in [5.41, 5.74) is 5.14. The molecule has 0 aliphatic heterocycles. The molecule has 2 heterocycles. The van der Waals surface area contributed by atoms with E-state index in [0.717, 1.165) is 0 Å². The molecule has 2 aromatic heterocycles. The maximum absolute atomic E-state index is 11.8. The predicted octanol–water partition coefficient (Wildman–Crippen LogP) is 1.12. The van der Waals surface area contributed by atoms with Gasteiger partial charge in [0.05, 0.1) is 6.26 Å². The number of aryl methyl sites for hydroxylation is 1. The van der Waals surface area contributed by atoms with Crippen molar-refractivity contribution < 1.29 is 13.7 Å². The number of amides is 1. The zero-order valence-corrected chi connectivity index (χ0v) is 11.5. The molecule has 0 aromatic carbocycles. The summed E-state index contributed by atoms with van der Waals surface area (Å²) in [6.07, 6.45) is 2.18. The van der Waals surface area contributed by atoms with Crippen LogP contribution in [0.3, 0.4) is 0 Å². The Morgan fingerprint density at radius 1 is 1.50 bits per heavy atom. The Labute approximate surface area is 116 Å². The second kappa shape index (κ2) is 5.87. The number of nitrogens with one attached hydrogen (secondary N) is 1. The van der Waals surface area contributed by atoms with Crippen LogP contribution in [-0.2, 0) is 11.2 Å². The SMILES string of the molecule is CC(C)(CN)NC(=O)CCc1nc(-c2ccco2)no1. The molecule has 0 fully saturated rings. The molecule has 0 aliphatic carbocycles. The van der Waals surface area contributed by atoms with Crippen molar-refractivity contribution in [3.63, 3.8) is 0 Å². The van der Waals surface area contributed by atoms with Gasteiger partial charge in [0.25, 0.3) is 0 Å². The minimum atomic E-state index is -0.411. The van der Waals surface area contributed by atoms with Crippen LogP contribution in [0.4, 0.5) is 0 Å². The third kappa shape index (κ3) is 3.67. The standard InChI is InChI=1S/C13H18N4O3/c1-13(2,8-14)16-10(18)5-6-11-15-12(17-20-11)9-4-3-7-19-9/h3-4,7H,5-6,8,14H2,1-2H3,(H,16,18). The van der Waals surface area contributed by atoms with E-state index < -0.39 is 5.54 Å². The van der Waals surface area contributed by atoms with Crippen LogP contribution in [0.15, 0.2) is 27.3 Å².